The van der Waals surface area contributed by atoms with Crippen LogP contribution in [0.3, 0.4) is 0 Å². The van der Waals surface area contributed by atoms with E-state index >= 15 is 0 Å². The molecule has 0 radical (unpaired) electrons. The second-order valence-electron chi connectivity index (χ2n) is 3.82. The first kappa shape index (κ1) is 14.1. The Labute approximate surface area is 113 Å². The number of nitrogens with two attached hydrogens (primary N) is 1. The van der Waals surface area contributed by atoms with E-state index in [1.165, 1.54) is 0 Å². The largest absolute Gasteiger partial charge is 0.480 e. The predicted molar refractivity (Wildman–Crippen MR) is 73.1 cm³/mol. The average Bonchev–Trinajstić information content (AvgIpc) is 2.28. The molecule has 92 valence electrons. The fourth-order valence-corrected chi connectivity index (χ4v) is 1.70. The molecular weight excluding hydrogens is 333 g/mol. The van der Waals surface area contributed by atoms with Crippen LogP contribution in [0.5, 0.6) is 0 Å². The van der Waals surface area contributed by atoms with E-state index in [-0.39, 0.29) is 3.79 Å². The van der Waals surface area contributed by atoms with Gasteiger partial charge in [0.15, 0.2) is 3.79 Å². The van der Waals surface area contributed by atoms with Crippen LogP contribution in [-0.2, 0) is 22.4 Å². The lowest BCUT2D eigenvalue weighted by atomic mass is 10.0. The molecule has 0 saturated carbocycles. The van der Waals surface area contributed by atoms with E-state index in [0.717, 1.165) is 11.1 Å². The summed E-state index contributed by atoms with van der Waals surface area (Å²) in [6.45, 7) is 0. The van der Waals surface area contributed by atoms with Crippen molar-refractivity contribution in [2.45, 2.75) is 25.3 Å². The Balaban J connectivity index is 2.55. The molecular formula is C12H14INO3. The molecule has 1 rings (SSSR count). The van der Waals surface area contributed by atoms with Gasteiger partial charge in [-0.15, -0.1) is 0 Å². The van der Waals surface area contributed by atoms with Crippen LogP contribution in [0.15, 0.2) is 24.3 Å². The second kappa shape index (κ2) is 6.70. The number of rotatable bonds is 6. The van der Waals surface area contributed by atoms with E-state index in [1.54, 1.807) is 22.6 Å². The third kappa shape index (κ3) is 5.27. The number of carboxylic acid groups (broad SMARTS) is 1. The Morgan fingerprint density at radius 1 is 1.24 bits per heavy atom. The molecule has 1 unspecified atom stereocenters. The van der Waals surface area contributed by atoms with Gasteiger partial charge < -0.3 is 10.8 Å². The molecule has 1 aromatic rings. The molecule has 0 aliphatic rings. The van der Waals surface area contributed by atoms with Crippen LogP contribution >= 0.6 is 22.6 Å². The van der Waals surface area contributed by atoms with E-state index < -0.39 is 12.0 Å². The summed E-state index contributed by atoms with van der Waals surface area (Å²) >= 11 is 1.78. The number of benzene rings is 1. The van der Waals surface area contributed by atoms with Crippen LogP contribution in [0.25, 0.3) is 0 Å². The quantitative estimate of drug-likeness (QED) is 0.604. The summed E-state index contributed by atoms with van der Waals surface area (Å²) in [5.41, 5.74) is 7.40. The highest BCUT2D eigenvalue weighted by Crippen LogP contribution is 2.09. The number of aryl methyl sites for hydroxylation is 1. The van der Waals surface area contributed by atoms with Crippen LogP contribution in [0.1, 0.15) is 17.5 Å². The van der Waals surface area contributed by atoms with Gasteiger partial charge in [-0.1, -0.05) is 24.3 Å². The average molecular weight is 347 g/mol. The predicted octanol–water partition coefficient (Wildman–Crippen LogP) is 1.54. The van der Waals surface area contributed by atoms with Gasteiger partial charge in [-0.25, -0.2) is 0 Å². The number of halogens is 1. The molecule has 1 atom stereocenters. The number of hydrogen-bond donors (Lipinski definition) is 2. The Kier molecular flexibility index (Phi) is 5.57. The standard InChI is InChI=1S/C12H14INO3/c13-11(15)6-5-8-1-3-9(4-2-8)7-10(14)12(16)17/h1-4,10H,5-7,14H2,(H,16,17). The Morgan fingerprint density at radius 2 is 1.76 bits per heavy atom. The summed E-state index contributed by atoms with van der Waals surface area (Å²) in [5, 5.41) is 8.68. The summed E-state index contributed by atoms with van der Waals surface area (Å²) in [7, 11) is 0. The van der Waals surface area contributed by atoms with Crippen molar-refractivity contribution in [1.29, 1.82) is 0 Å². The van der Waals surface area contributed by atoms with Crippen molar-refractivity contribution in [2.75, 3.05) is 0 Å². The maximum atomic E-state index is 10.8. The second-order valence-corrected chi connectivity index (χ2v) is 5.02. The van der Waals surface area contributed by atoms with Crippen molar-refractivity contribution in [2.24, 2.45) is 5.73 Å². The Morgan fingerprint density at radius 3 is 2.24 bits per heavy atom. The molecule has 0 aliphatic heterocycles. The molecule has 0 aromatic heterocycles. The van der Waals surface area contributed by atoms with Crippen molar-refractivity contribution < 1.29 is 14.7 Å². The van der Waals surface area contributed by atoms with Gasteiger partial charge in [-0.05, 0) is 46.6 Å². The Bertz CT molecular complexity index is 403. The zero-order valence-electron chi connectivity index (χ0n) is 9.23. The molecule has 5 heteroatoms. The van der Waals surface area contributed by atoms with Crippen molar-refractivity contribution in [3.8, 4) is 0 Å². The number of hydrogen-bond acceptors (Lipinski definition) is 3. The third-order valence-corrected chi connectivity index (χ3v) is 2.95. The molecule has 0 bridgehead atoms. The summed E-state index contributed by atoms with van der Waals surface area (Å²) in [6, 6.07) is 6.66. The number of carbonyl (C=O) groups excluding carboxylic acids is 1. The molecule has 3 N–H and O–H groups in total. The van der Waals surface area contributed by atoms with E-state index in [4.69, 9.17) is 10.8 Å². The van der Waals surface area contributed by atoms with E-state index in [2.05, 4.69) is 0 Å². The van der Waals surface area contributed by atoms with Crippen LogP contribution in [-0.4, -0.2) is 20.9 Å². The van der Waals surface area contributed by atoms with Gasteiger partial charge >= 0.3 is 5.97 Å². The highest BCUT2D eigenvalue weighted by atomic mass is 127. The van der Waals surface area contributed by atoms with Crippen LogP contribution in [0.2, 0.25) is 0 Å². The SMILES string of the molecule is NC(Cc1ccc(CCC(=O)I)cc1)C(=O)O. The minimum Gasteiger partial charge on any atom is -0.480 e. The minimum absolute atomic E-state index is 0.138. The molecule has 1 aromatic carbocycles. The zero-order valence-corrected chi connectivity index (χ0v) is 11.4. The molecule has 0 saturated heterocycles. The molecule has 17 heavy (non-hydrogen) atoms. The lowest BCUT2D eigenvalue weighted by Gasteiger charge is -2.07. The fraction of sp³-hybridized carbons (Fsp3) is 0.333. The van der Waals surface area contributed by atoms with Crippen LogP contribution in [0.4, 0.5) is 0 Å². The fourth-order valence-electron chi connectivity index (χ4n) is 1.43. The maximum Gasteiger partial charge on any atom is 0.320 e. The van der Waals surface area contributed by atoms with Crippen molar-refractivity contribution in [3.05, 3.63) is 35.4 Å². The monoisotopic (exact) mass is 347 g/mol. The van der Waals surface area contributed by atoms with Gasteiger partial charge in [0.25, 0.3) is 0 Å². The summed E-state index contributed by atoms with van der Waals surface area (Å²) in [4.78, 5) is 21.4. The first-order chi connectivity index (χ1) is 7.99. The first-order valence-electron chi connectivity index (χ1n) is 5.23. The van der Waals surface area contributed by atoms with E-state index in [9.17, 15) is 9.59 Å². The number of aliphatic carboxylic acids is 1. The van der Waals surface area contributed by atoms with Crippen molar-refractivity contribution >= 4 is 32.4 Å². The van der Waals surface area contributed by atoms with Crippen molar-refractivity contribution in [1.82, 2.24) is 0 Å². The molecule has 0 fully saturated rings. The number of carbonyl (C=O) groups is 2. The summed E-state index contributed by atoms with van der Waals surface area (Å²) in [5.74, 6) is -0.996. The van der Waals surface area contributed by atoms with Gasteiger partial charge in [0.05, 0.1) is 0 Å². The summed E-state index contributed by atoms with van der Waals surface area (Å²) in [6.07, 6.45) is 1.56. The highest BCUT2D eigenvalue weighted by molar-refractivity contribution is 14.1. The van der Waals surface area contributed by atoms with Gasteiger partial charge in [0.1, 0.15) is 6.04 Å². The third-order valence-electron chi connectivity index (χ3n) is 2.41. The smallest absolute Gasteiger partial charge is 0.320 e. The van der Waals surface area contributed by atoms with Crippen LogP contribution in [0, 0.1) is 0 Å². The van der Waals surface area contributed by atoms with Gasteiger partial charge in [0.2, 0.25) is 0 Å². The zero-order chi connectivity index (χ0) is 12.8. The topological polar surface area (TPSA) is 80.4 Å². The molecule has 0 amide bonds. The lowest BCUT2D eigenvalue weighted by molar-refractivity contribution is -0.138. The minimum atomic E-state index is -0.996. The molecule has 0 spiro atoms. The maximum absolute atomic E-state index is 10.8. The van der Waals surface area contributed by atoms with Gasteiger partial charge in [-0.3, -0.25) is 9.59 Å². The normalized spacial score (nSPS) is 12.1. The summed E-state index contributed by atoms with van der Waals surface area (Å²) < 4.78 is 0.138. The Hall–Kier alpha value is -0.950. The van der Waals surface area contributed by atoms with Gasteiger partial charge in [0, 0.05) is 6.42 Å². The van der Waals surface area contributed by atoms with E-state index in [0.29, 0.717) is 19.3 Å². The van der Waals surface area contributed by atoms with Gasteiger partial charge in [-0.2, -0.15) is 0 Å². The molecule has 4 nitrogen and oxygen atoms in total. The lowest BCUT2D eigenvalue weighted by Crippen LogP contribution is -2.32. The first-order valence-corrected chi connectivity index (χ1v) is 6.31. The van der Waals surface area contributed by atoms with E-state index in [1.807, 2.05) is 24.3 Å². The number of carboxylic acids is 1. The molecule has 0 aliphatic carbocycles. The molecule has 0 heterocycles. The van der Waals surface area contributed by atoms with Crippen molar-refractivity contribution in [3.63, 3.8) is 0 Å². The highest BCUT2D eigenvalue weighted by Gasteiger charge is 2.11. The van der Waals surface area contributed by atoms with Crippen LogP contribution < -0.4 is 5.73 Å².